The van der Waals surface area contributed by atoms with Crippen molar-refractivity contribution in [3.8, 4) is 0 Å². The minimum atomic E-state index is -3.28. The Labute approximate surface area is 119 Å². The lowest BCUT2D eigenvalue weighted by atomic mass is 10.1. The average molecular weight is 291 g/mol. The zero-order valence-electron chi connectivity index (χ0n) is 11.2. The number of anilines is 2. The molecule has 6 heteroatoms. The number of rotatable bonds is 6. The fraction of sp³-hybridized carbons (Fsp3) is 0.214. The number of nitrogens with zero attached hydrogens (tertiary/aromatic N) is 1. The van der Waals surface area contributed by atoms with Gasteiger partial charge in [0.25, 0.3) is 0 Å². The molecule has 0 amide bonds. The van der Waals surface area contributed by atoms with Crippen LogP contribution >= 0.6 is 0 Å². The second kappa shape index (κ2) is 6.38. The third-order valence-corrected chi connectivity index (χ3v) is 3.22. The zero-order chi connectivity index (χ0) is 14.4. The molecular weight excluding hydrogens is 274 g/mol. The van der Waals surface area contributed by atoms with Gasteiger partial charge < -0.3 is 5.32 Å². The summed E-state index contributed by atoms with van der Waals surface area (Å²) in [5.41, 5.74) is 2.13. The number of nitrogens with one attached hydrogen (secondary N) is 2. The molecule has 0 radical (unpaired) electrons. The van der Waals surface area contributed by atoms with Crippen LogP contribution in [0, 0.1) is 0 Å². The molecule has 106 valence electrons. The Bertz CT molecular complexity index is 640. The second-order valence-corrected chi connectivity index (χ2v) is 6.22. The van der Waals surface area contributed by atoms with Gasteiger partial charge in [0, 0.05) is 6.54 Å². The van der Waals surface area contributed by atoms with Gasteiger partial charge in [-0.3, -0.25) is 4.72 Å². The minimum absolute atomic E-state index is 0.320. The van der Waals surface area contributed by atoms with Crippen molar-refractivity contribution >= 4 is 21.5 Å². The summed E-state index contributed by atoms with van der Waals surface area (Å²) in [6.07, 6.45) is 3.63. The number of aromatic nitrogens is 1. The van der Waals surface area contributed by atoms with Crippen LogP contribution in [0.3, 0.4) is 0 Å². The fourth-order valence-corrected chi connectivity index (χ4v) is 2.25. The molecule has 2 N–H and O–H groups in total. The number of pyridine rings is 1. The highest BCUT2D eigenvalue weighted by molar-refractivity contribution is 7.92. The summed E-state index contributed by atoms with van der Waals surface area (Å²) in [6.45, 7) is 0.796. The Morgan fingerprint density at radius 2 is 1.85 bits per heavy atom. The summed E-state index contributed by atoms with van der Waals surface area (Å²) in [4.78, 5) is 4.04. The SMILES string of the molecule is CS(=O)(=O)Nc1ccc(NCCc2ccccc2)cn1. The van der Waals surface area contributed by atoms with Crippen LogP contribution in [-0.2, 0) is 16.4 Å². The maximum absolute atomic E-state index is 11.0. The summed E-state index contributed by atoms with van der Waals surface area (Å²) in [7, 11) is -3.28. The van der Waals surface area contributed by atoms with Gasteiger partial charge in [0.1, 0.15) is 5.82 Å². The lowest BCUT2D eigenvalue weighted by Crippen LogP contribution is -2.11. The zero-order valence-corrected chi connectivity index (χ0v) is 12.0. The molecule has 0 aliphatic heterocycles. The molecule has 20 heavy (non-hydrogen) atoms. The Morgan fingerprint density at radius 3 is 2.45 bits per heavy atom. The first kappa shape index (κ1) is 14.3. The van der Waals surface area contributed by atoms with Crippen LogP contribution < -0.4 is 10.0 Å². The van der Waals surface area contributed by atoms with E-state index in [0.717, 1.165) is 24.9 Å². The van der Waals surface area contributed by atoms with E-state index in [1.165, 1.54) is 5.56 Å². The van der Waals surface area contributed by atoms with Crippen LogP contribution in [0.4, 0.5) is 11.5 Å². The Hall–Kier alpha value is -2.08. The largest absolute Gasteiger partial charge is 0.383 e. The summed E-state index contributed by atoms with van der Waals surface area (Å²) in [5.74, 6) is 0.320. The number of hydrogen-bond donors (Lipinski definition) is 2. The summed E-state index contributed by atoms with van der Waals surface area (Å²) < 4.78 is 24.4. The molecule has 2 aromatic rings. The van der Waals surface area contributed by atoms with E-state index in [2.05, 4.69) is 27.2 Å². The third-order valence-electron chi connectivity index (χ3n) is 2.64. The van der Waals surface area contributed by atoms with E-state index in [1.54, 1.807) is 18.3 Å². The first-order valence-corrected chi connectivity index (χ1v) is 8.14. The Balaban J connectivity index is 1.85. The molecule has 0 aliphatic rings. The summed E-state index contributed by atoms with van der Waals surface area (Å²) in [6, 6.07) is 13.6. The normalized spacial score (nSPS) is 11.1. The molecule has 0 fully saturated rings. The number of hydrogen-bond acceptors (Lipinski definition) is 4. The Kier molecular flexibility index (Phi) is 4.57. The molecular formula is C14H17N3O2S. The summed E-state index contributed by atoms with van der Waals surface area (Å²) in [5, 5.41) is 3.24. The van der Waals surface area contributed by atoms with Gasteiger partial charge in [-0.25, -0.2) is 13.4 Å². The molecule has 1 aromatic heterocycles. The summed E-state index contributed by atoms with van der Waals surface area (Å²) >= 11 is 0. The highest BCUT2D eigenvalue weighted by Gasteiger charge is 2.02. The van der Waals surface area contributed by atoms with Gasteiger partial charge in [-0.2, -0.15) is 0 Å². The van der Waals surface area contributed by atoms with Crippen molar-refractivity contribution in [2.75, 3.05) is 22.8 Å². The van der Waals surface area contributed by atoms with Gasteiger partial charge in [0.2, 0.25) is 10.0 Å². The Morgan fingerprint density at radius 1 is 1.10 bits per heavy atom. The van der Waals surface area contributed by atoms with Crippen LogP contribution in [0.15, 0.2) is 48.7 Å². The van der Waals surface area contributed by atoms with Gasteiger partial charge in [0.15, 0.2) is 0 Å². The molecule has 0 atom stereocenters. The van der Waals surface area contributed by atoms with E-state index in [-0.39, 0.29) is 0 Å². The molecule has 0 saturated heterocycles. The van der Waals surface area contributed by atoms with Crippen molar-refractivity contribution in [1.29, 1.82) is 0 Å². The third kappa shape index (κ3) is 4.89. The van der Waals surface area contributed by atoms with Crippen molar-refractivity contribution in [1.82, 2.24) is 4.98 Å². The van der Waals surface area contributed by atoms with Crippen LogP contribution in [0.25, 0.3) is 0 Å². The predicted octanol–water partition coefficient (Wildman–Crippen LogP) is 2.11. The van der Waals surface area contributed by atoms with Crippen molar-refractivity contribution in [2.45, 2.75) is 6.42 Å². The predicted molar refractivity (Wildman–Crippen MR) is 81.3 cm³/mol. The van der Waals surface area contributed by atoms with E-state index in [4.69, 9.17) is 0 Å². The van der Waals surface area contributed by atoms with Crippen molar-refractivity contribution in [3.05, 3.63) is 54.2 Å². The maximum Gasteiger partial charge on any atom is 0.230 e. The molecule has 0 unspecified atom stereocenters. The van der Waals surface area contributed by atoms with E-state index < -0.39 is 10.0 Å². The lowest BCUT2D eigenvalue weighted by Gasteiger charge is -2.07. The standard InChI is InChI=1S/C14H17N3O2S/c1-20(18,19)17-14-8-7-13(11-16-14)15-10-9-12-5-3-2-4-6-12/h2-8,11,15H,9-10H2,1H3,(H,16,17). The van der Waals surface area contributed by atoms with E-state index in [0.29, 0.717) is 5.82 Å². The first-order valence-electron chi connectivity index (χ1n) is 6.24. The van der Waals surface area contributed by atoms with Gasteiger partial charge in [-0.15, -0.1) is 0 Å². The van der Waals surface area contributed by atoms with Crippen LogP contribution in [0.2, 0.25) is 0 Å². The van der Waals surface area contributed by atoms with Gasteiger partial charge in [-0.1, -0.05) is 30.3 Å². The maximum atomic E-state index is 11.0. The minimum Gasteiger partial charge on any atom is -0.383 e. The van der Waals surface area contributed by atoms with Gasteiger partial charge in [-0.05, 0) is 24.1 Å². The topological polar surface area (TPSA) is 71.1 Å². The van der Waals surface area contributed by atoms with Crippen LogP contribution in [0.1, 0.15) is 5.56 Å². The molecule has 5 nitrogen and oxygen atoms in total. The van der Waals surface area contributed by atoms with E-state index in [9.17, 15) is 8.42 Å². The van der Waals surface area contributed by atoms with Gasteiger partial charge in [0.05, 0.1) is 18.1 Å². The highest BCUT2D eigenvalue weighted by Crippen LogP contribution is 2.10. The van der Waals surface area contributed by atoms with Crippen molar-refractivity contribution in [3.63, 3.8) is 0 Å². The quantitative estimate of drug-likeness (QED) is 0.855. The van der Waals surface area contributed by atoms with E-state index in [1.807, 2.05) is 18.2 Å². The number of benzene rings is 1. The molecule has 0 aliphatic carbocycles. The van der Waals surface area contributed by atoms with Crippen molar-refractivity contribution in [2.24, 2.45) is 0 Å². The average Bonchev–Trinajstić information content (AvgIpc) is 2.40. The molecule has 1 heterocycles. The molecule has 2 rings (SSSR count). The second-order valence-electron chi connectivity index (χ2n) is 4.47. The first-order chi connectivity index (χ1) is 9.53. The molecule has 0 saturated carbocycles. The lowest BCUT2D eigenvalue weighted by molar-refractivity contribution is 0.606. The molecule has 1 aromatic carbocycles. The monoisotopic (exact) mass is 291 g/mol. The van der Waals surface area contributed by atoms with Crippen LogP contribution in [0.5, 0.6) is 0 Å². The van der Waals surface area contributed by atoms with Gasteiger partial charge >= 0.3 is 0 Å². The number of sulfonamides is 1. The highest BCUT2D eigenvalue weighted by atomic mass is 32.2. The van der Waals surface area contributed by atoms with Crippen LogP contribution in [-0.4, -0.2) is 26.2 Å². The fourth-order valence-electron chi connectivity index (χ4n) is 1.74. The van der Waals surface area contributed by atoms with Crippen molar-refractivity contribution < 1.29 is 8.42 Å². The molecule has 0 spiro atoms. The molecule has 0 bridgehead atoms. The van der Waals surface area contributed by atoms with E-state index >= 15 is 0 Å². The smallest absolute Gasteiger partial charge is 0.230 e.